The van der Waals surface area contributed by atoms with Gasteiger partial charge in [0.1, 0.15) is 23.0 Å². The Morgan fingerprint density at radius 3 is 2.48 bits per heavy atom. The first-order valence-corrected chi connectivity index (χ1v) is 8.41. The van der Waals surface area contributed by atoms with Gasteiger partial charge in [0.15, 0.2) is 0 Å². The van der Waals surface area contributed by atoms with Crippen molar-refractivity contribution in [2.45, 2.75) is 6.54 Å². The van der Waals surface area contributed by atoms with Crippen molar-refractivity contribution in [2.75, 3.05) is 11.9 Å². The Labute approximate surface area is 156 Å². The third-order valence-corrected chi connectivity index (χ3v) is 4.35. The van der Waals surface area contributed by atoms with Gasteiger partial charge < -0.3 is 4.90 Å². The molecular weight excluding hydrogens is 344 g/mol. The number of hydrogen-bond acceptors (Lipinski definition) is 3. The zero-order valence-corrected chi connectivity index (χ0v) is 14.6. The second-order valence-electron chi connectivity index (χ2n) is 6.16. The molecule has 2 heterocycles. The molecule has 0 bridgehead atoms. The van der Waals surface area contributed by atoms with Crippen molar-refractivity contribution < 1.29 is 8.78 Å². The summed E-state index contributed by atoms with van der Waals surface area (Å²) >= 11 is 0. The quantitative estimate of drug-likeness (QED) is 0.631. The zero-order chi connectivity index (χ0) is 18.8. The molecular formula is C22H15F2N3. The summed E-state index contributed by atoms with van der Waals surface area (Å²) in [6, 6.07) is 14.8. The van der Waals surface area contributed by atoms with E-state index in [0.29, 0.717) is 23.6 Å². The Hall–Kier alpha value is -3.52. The lowest BCUT2D eigenvalue weighted by Crippen LogP contribution is -2.11. The average Bonchev–Trinajstić information content (AvgIpc) is 3.08. The molecule has 1 aliphatic heterocycles. The first-order valence-electron chi connectivity index (χ1n) is 8.41. The van der Waals surface area contributed by atoms with Crippen molar-refractivity contribution in [1.29, 1.82) is 0 Å². The molecule has 0 N–H and O–H groups in total. The van der Waals surface area contributed by atoms with Gasteiger partial charge in [0, 0.05) is 36.2 Å². The van der Waals surface area contributed by atoms with Crippen LogP contribution in [0.25, 0.3) is 0 Å². The molecule has 0 spiro atoms. The molecule has 0 amide bonds. The van der Waals surface area contributed by atoms with Crippen LogP contribution in [0.1, 0.15) is 16.8 Å². The molecule has 1 aliphatic rings. The molecule has 1 aromatic heterocycles. The number of anilines is 2. The average molecular weight is 359 g/mol. The third-order valence-electron chi connectivity index (χ3n) is 4.35. The molecule has 0 saturated heterocycles. The van der Waals surface area contributed by atoms with Crippen molar-refractivity contribution in [3.63, 3.8) is 0 Å². The number of nitrogens with zero attached hydrogens (tertiary/aromatic N) is 3. The van der Waals surface area contributed by atoms with Gasteiger partial charge in [0.05, 0.1) is 6.54 Å². The topological polar surface area (TPSA) is 28.5 Å². The Bertz CT molecular complexity index is 1080. The highest BCUT2D eigenvalue weighted by molar-refractivity contribution is 6.16. The Kier molecular flexibility index (Phi) is 4.39. The van der Waals surface area contributed by atoms with Crippen molar-refractivity contribution in [1.82, 2.24) is 4.98 Å². The summed E-state index contributed by atoms with van der Waals surface area (Å²) in [5.74, 6) is 4.88. The standard InChI is InChI=1S/C22H15F2N3/c1-27(20-11-16(23)10-17(24)12-20)19-7-5-15-14-26-22(21(15)13-19)8-6-18-4-2-3-9-25-18/h2-5,7,9-13H,14H2,1H3. The Morgan fingerprint density at radius 2 is 1.74 bits per heavy atom. The van der Waals surface area contributed by atoms with Gasteiger partial charge in [-0.3, -0.25) is 4.99 Å². The zero-order valence-electron chi connectivity index (χ0n) is 14.6. The van der Waals surface area contributed by atoms with Crippen LogP contribution in [0.15, 0.2) is 65.8 Å². The lowest BCUT2D eigenvalue weighted by Gasteiger charge is -2.20. The van der Waals surface area contributed by atoms with E-state index < -0.39 is 11.6 Å². The van der Waals surface area contributed by atoms with Gasteiger partial charge in [0.2, 0.25) is 0 Å². The van der Waals surface area contributed by atoms with Crippen LogP contribution in [0.4, 0.5) is 20.2 Å². The molecule has 27 heavy (non-hydrogen) atoms. The largest absolute Gasteiger partial charge is 0.344 e. The monoisotopic (exact) mass is 359 g/mol. The maximum absolute atomic E-state index is 13.5. The molecule has 0 radical (unpaired) electrons. The van der Waals surface area contributed by atoms with Crippen molar-refractivity contribution >= 4 is 17.1 Å². The predicted molar refractivity (Wildman–Crippen MR) is 102 cm³/mol. The van der Waals surface area contributed by atoms with Gasteiger partial charge in [0.25, 0.3) is 0 Å². The maximum Gasteiger partial charge on any atom is 0.128 e. The van der Waals surface area contributed by atoms with Crippen molar-refractivity contribution in [3.05, 3.63) is 89.2 Å². The van der Waals surface area contributed by atoms with Gasteiger partial charge >= 0.3 is 0 Å². The molecule has 132 valence electrons. The van der Waals surface area contributed by atoms with Crippen LogP contribution in [-0.2, 0) is 6.54 Å². The number of rotatable bonds is 2. The van der Waals surface area contributed by atoms with E-state index in [1.807, 2.05) is 36.4 Å². The lowest BCUT2D eigenvalue weighted by atomic mass is 10.0. The fourth-order valence-corrected chi connectivity index (χ4v) is 2.93. The summed E-state index contributed by atoms with van der Waals surface area (Å²) in [4.78, 5) is 10.4. The van der Waals surface area contributed by atoms with E-state index in [1.54, 1.807) is 18.1 Å². The van der Waals surface area contributed by atoms with Crippen molar-refractivity contribution in [3.8, 4) is 11.8 Å². The minimum atomic E-state index is -0.610. The van der Waals surface area contributed by atoms with E-state index in [-0.39, 0.29) is 0 Å². The normalized spacial score (nSPS) is 12.0. The van der Waals surface area contributed by atoms with Crippen LogP contribution < -0.4 is 4.90 Å². The number of hydrogen-bond donors (Lipinski definition) is 0. The number of halogens is 2. The summed E-state index contributed by atoms with van der Waals surface area (Å²) in [5.41, 5.74) is 4.60. The summed E-state index contributed by atoms with van der Waals surface area (Å²) in [6.45, 7) is 0.570. The van der Waals surface area contributed by atoms with E-state index in [0.717, 1.165) is 22.9 Å². The van der Waals surface area contributed by atoms with E-state index >= 15 is 0 Å². The molecule has 0 atom stereocenters. The molecule has 2 aromatic carbocycles. The fraction of sp³-hybridized carbons (Fsp3) is 0.0909. The van der Waals surface area contributed by atoms with Gasteiger partial charge in [-0.2, -0.15) is 0 Å². The second kappa shape index (κ2) is 7.00. The first-order chi connectivity index (χ1) is 13.1. The number of fused-ring (bicyclic) bond motifs is 1. The predicted octanol–water partition coefficient (Wildman–Crippen LogP) is 4.48. The molecule has 5 heteroatoms. The van der Waals surface area contributed by atoms with Crippen LogP contribution in [0.2, 0.25) is 0 Å². The van der Waals surface area contributed by atoms with Gasteiger partial charge in [-0.05, 0) is 53.8 Å². The third kappa shape index (κ3) is 3.56. The minimum Gasteiger partial charge on any atom is -0.344 e. The summed E-state index contributed by atoms with van der Waals surface area (Å²) in [6.07, 6.45) is 1.69. The number of pyridine rings is 1. The first kappa shape index (κ1) is 16.9. The second-order valence-corrected chi connectivity index (χ2v) is 6.16. The molecule has 0 fully saturated rings. The lowest BCUT2D eigenvalue weighted by molar-refractivity contribution is 0.583. The van der Waals surface area contributed by atoms with Crippen LogP contribution >= 0.6 is 0 Å². The Morgan fingerprint density at radius 1 is 0.926 bits per heavy atom. The highest BCUT2D eigenvalue weighted by Crippen LogP contribution is 2.29. The van der Waals surface area contributed by atoms with Crippen LogP contribution in [0, 0.1) is 23.5 Å². The van der Waals surface area contributed by atoms with Crippen molar-refractivity contribution in [2.24, 2.45) is 4.99 Å². The summed E-state index contributed by atoms with van der Waals surface area (Å²) in [7, 11) is 1.77. The number of benzene rings is 2. The molecule has 3 aromatic rings. The van der Waals surface area contributed by atoms with Gasteiger partial charge in [-0.25, -0.2) is 13.8 Å². The van der Waals surface area contributed by atoms with E-state index in [9.17, 15) is 8.78 Å². The van der Waals surface area contributed by atoms with Gasteiger partial charge in [-0.15, -0.1) is 0 Å². The Balaban J connectivity index is 1.66. The fourth-order valence-electron chi connectivity index (χ4n) is 2.93. The summed E-state index contributed by atoms with van der Waals surface area (Å²) in [5, 5.41) is 0. The minimum absolute atomic E-state index is 0.434. The number of aliphatic imine (C=N–C) groups is 1. The van der Waals surface area contributed by atoms with Crippen LogP contribution in [0.3, 0.4) is 0 Å². The highest BCUT2D eigenvalue weighted by atomic mass is 19.1. The van der Waals surface area contributed by atoms with Crippen LogP contribution in [0.5, 0.6) is 0 Å². The van der Waals surface area contributed by atoms with Crippen LogP contribution in [-0.4, -0.2) is 17.7 Å². The molecule has 0 unspecified atom stereocenters. The molecule has 3 nitrogen and oxygen atoms in total. The van der Waals surface area contributed by atoms with Gasteiger partial charge in [-0.1, -0.05) is 12.1 Å². The van der Waals surface area contributed by atoms with E-state index in [2.05, 4.69) is 21.8 Å². The summed E-state index contributed by atoms with van der Waals surface area (Å²) < 4.78 is 27.1. The smallest absolute Gasteiger partial charge is 0.128 e. The molecule has 4 rings (SSSR count). The number of aromatic nitrogens is 1. The van der Waals surface area contributed by atoms with E-state index in [4.69, 9.17) is 0 Å². The highest BCUT2D eigenvalue weighted by Gasteiger charge is 2.17. The molecule has 0 saturated carbocycles. The molecule has 0 aliphatic carbocycles. The SMILES string of the molecule is CN(c1cc(F)cc(F)c1)c1ccc2c(c1)C(C#Cc1ccccn1)=NC2. The van der Waals surface area contributed by atoms with E-state index in [1.165, 1.54) is 12.1 Å². The maximum atomic E-state index is 13.5.